The Kier molecular flexibility index (Phi) is 5.46. The van der Waals surface area contributed by atoms with Crippen LogP contribution in [0.1, 0.15) is 11.3 Å². The summed E-state index contributed by atoms with van der Waals surface area (Å²) in [5, 5.41) is 3.39. The summed E-state index contributed by atoms with van der Waals surface area (Å²) in [6.07, 6.45) is 0. The second-order valence-electron chi connectivity index (χ2n) is 5.47. The molecule has 0 saturated carbocycles. The smallest absolute Gasteiger partial charge is 0.158 e. The zero-order valence-corrected chi connectivity index (χ0v) is 14.8. The molecule has 0 fully saturated rings. The molecule has 0 spiro atoms. The van der Waals surface area contributed by atoms with E-state index >= 15 is 0 Å². The number of halogens is 2. The first-order chi connectivity index (χ1) is 11.6. The highest BCUT2D eigenvalue weighted by molar-refractivity contribution is 6.35. The molecule has 0 aliphatic carbocycles. The fraction of sp³-hybridized carbons (Fsp3) is 0.158. The van der Waals surface area contributed by atoms with Gasteiger partial charge in [-0.3, -0.25) is 0 Å². The zero-order chi connectivity index (χ0) is 16.9. The van der Waals surface area contributed by atoms with Crippen molar-refractivity contribution >= 4 is 23.2 Å². The molecule has 0 radical (unpaired) electrons. The Balaban J connectivity index is 1.59. The van der Waals surface area contributed by atoms with Gasteiger partial charge in [-0.05, 0) is 54.6 Å². The van der Waals surface area contributed by atoms with Crippen molar-refractivity contribution in [2.24, 2.45) is 0 Å². The van der Waals surface area contributed by atoms with Gasteiger partial charge in [0.25, 0.3) is 0 Å². The molecule has 2 N–H and O–H groups in total. The standard InChI is InChI=1S/C19H17Cl2NO2/c1-23-17-4-2-13(3-5-17)11-22-12-18-6-7-19(24-18)14-8-15(20)10-16(21)9-14/h2-10,22H,11-12H2,1H3/p+1. The number of hydrogen-bond donors (Lipinski definition) is 1. The molecule has 0 atom stereocenters. The normalized spacial score (nSPS) is 10.8. The second kappa shape index (κ2) is 7.75. The Bertz CT molecular complexity index is 792. The lowest BCUT2D eigenvalue weighted by atomic mass is 10.2. The van der Waals surface area contributed by atoms with Crippen LogP contribution in [0.5, 0.6) is 5.75 Å². The molecule has 0 aliphatic heterocycles. The SMILES string of the molecule is COc1ccc(C[NH2+]Cc2ccc(-c3cc(Cl)cc(Cl)c3)o2)cc1. The molecule has 3 aromatic rings. The molecular weight excluding hydrogens is 345 g/mol. The highest BCUT2D eigenvalue weighted by Crippen LogP contribution is 2.28. The number of furan rings is 1. The summed E-state index contributed by atoms with van der Waals surface area (Å²) in [6.45, 7) is 1.64. The summed E-state index contributed by atoms with van der Waals surface area (Å²) < 4.78 is 11.0. The van der Waals surface area contributed by atoms with Crippen molar-refractivity contribution < 1.29 is 14.5 Å². The van der Waals surface area contributed by atoms with Gasteiger partial charge in [-0.1, -0.05) is 23.2 Å². The Morgan fingerprint density at radius 1 is 0.917 bits per heavy atom. The molecule has 0 unspecified atom stereocenters. The highest BCUT2D eigenvalue weighted by Gasteiger charge is 2.08. The average Bonchev–Trinajstić information content (AvgIpc) is 3.04. The first-order valence-corrected chi connectivity index (χ1v) is 8.39. The van der Waals surface area contributed by atoms with Crippen LogP contribution in [0.2, 0.25) is 10.0 Å². The minimum atomic E-state index is 0.599. The van der Waals surface area contributed by atoms with Crippen LogP contribution in [0.25, 0.3) is 11.3 Å². The molecule has 0 aliphatic rings. The molecule has 2 aromatic carbocycles. The van der Waals surface area contributed by atoms with E-state index in [0.717, 1.165) is 35.9 Å². The maximum Gasteiger partial charge on any atom is 0.158 e. The van der Waals surface area contributed by atoms with Crippen molar-refractivity contribution in [3.63, 3.8) is 0 Å². The van der Waals surface area contributed by atoms with Gasteiger partial charge in [-0.2, -0.15) is 0 Å². The highest BCUT2D eigenvalue weighted by atomic mass is 35.5. The van der Waals surface area contributed by atoms with Crippen molar-refractivity contribution in [2.75, 3.05) is 7.11 Å². The second-order valence-corrected chi connectivity index (χ2v) is 6.34. The maximum atomic E-state index is 6.04. The number of methoxy groups -OCH3 is 1. The lowest BCUT2D eigenvalue weighted by molar-refractivity contribution is -0.687. The van der Waals surface area contributed by atoms with Crippen LogP contribution in [0.4, 0.5) is 0 Å². The van der Waals surface area contributed by atoms with Crippen molar-refractivity contribution in [3.05, 3.63) is 76.0 Å². The molecule has 1 heterocycles. The molecule has 24 heavy (non-hydrogen) atoms. The predicted molar refractivity (Wildman–Crippen MR) is 96.5 cm³/mol. The van der Waals surface area contributed by atoms with Crippen LogP contribution in [0.3, 0.4) is 0 Å². The molecular formula is C19H18Cl2NO2+. The maximum absolute atomic E-state index is 6.04. The molecule has 124 valence electrons. The number of nitrogens with two attached hydrogens (primary N) is 1. The lowest BCUT2D eigenvalue weighted by Gasteiger charge is -2.03. The Labute approximate surface area is 151 Å². The van der Waals surface area contributed by atoms with E-state index in [-0.39, 0.29) is 0 Å². The van der Waals surface area contributed by atoms with Crippen LogP contribution >= 0.6 is 23.2 Å². The van der Waals surface area contributed by atoms with Gasteiger partial charge in [0.1, 0.15) is 24.6 Å². The van der Waals surface area contributed by atoms with Gasteiger partial charge >= 0.3 is 0 Å². The van der Waals surface area contributed by atoms with E-state index in [4.69, 9.17) is 32.4 Å². The molecule has 3 rings (SSSR count). The topological polar surface area (TPSA) is 39.0 Å². The summed E-state index contributed by atoms with van der Waals surface area (Å²) in [5.74, 6) is 2.55. The van der Waals surface area contributed by atoms with Gasteiger partial charge in [0.15, 0.2) is 5.76 Å². The van der Waals surface area contributed by atoms with Gasteiger partial charge in [0, 0.05) is 21.2 Å². The van der Waals surface area contributed by atoms with Crippen molar-refractivity contribution in [1.82, 2.24) is 0 Å². The molecule has 3 nitrogen and oxygen atoms in total. The molecule has 1 aromatic heterocycles. The van der Waals surface area contributed by atoms with Crippen LogP contribution in [0, 0.1) is 0 Å². The number of quaternary nitrogens is 1. The van der Waals surface area contributed by atoms with E-state index in [1.54, 1.807) is 13.2 Å². The van der Waals surface area contributed by atoms with Crippen molar-refractivity contribution in [2.45, 2.75) is 13.1 Å². The number of benzene rings is 2. The van der Waals surface area contributed by atoms with Crippen molar-refractivity contribution in [1.29, 1.82) is 0 Å². The first kappa shape index (κ1) is 16.9. The minimum Gasteiger partial charge on any atom is -0.497 e. The summed E-state index contributed by atoms with van der Waals surface area (Å²) in [6, 6.07) is 17.4. The average molecular weight is 363 g/mol. The van der Waals surface area contributed by atoms with Crippen LogP contribution in [-0.2, 0) is 13.1 Å². The van der Waals surface area contributed by atoms with E-state index in [2.05, 4.69) is 17.4 Å². The van der Waals surface area contributed by atoms with E-state index in [1.807, 2.05) is 36.4 Å². The Morgan fingerprint density at radius 2 is 1.62 bits per heavy atom. The fourth-order valence-electron chi connectivity index (χ4n) is 2.48. The number of rotatable bonds is 6. The summed E-state index contributed by atoms with van der Waals surface area (Å²) in [7, 11) is 1.67. The van der Waals surface area contributed by atoms with Gasteiger partial charge in [0.05, 0.1) is 7.11 Å². The number of hydrogen-bond acceptors (Lipinski definition) is 2. The van der Waals surface area contributed by atoms with Gasteiger partial charge in [-0.15, -0.1) is 0 Å². The molecule has 0 amide bonds. The number of ether oxygens (including phenoxy) is 1. The largest absolute Gasteiger partial charge is 0.497 e. The third-order valence-corrected chi connectivity index (χ3v) is 4.13. The van der Waals surface area contributed by atoms with Crippen LogP contribution in [0.15, 0.2) is 59.0 Å². The third kappa shape index (κ3) is 4.32. The van der Waals surface area contributed by atoms with E-state index in [1.165, 1.54) is 5.56 Å². The predicted octanol–water partition coefficient (Wildman–Crippen LogP) is 4.53. The molecule has 0 saturated heterocycles. The van der Waals surface area contributed by atoms with Gasteiger partial charge < -0.3 is 14.5 Å². The summed E-state index contributed by atoms with van der Waals surface area (Å²) in [5.41, 5.74) is 2.12. The summed E-state index contributed by atoms with van der Waals surface area (Å²) >= 11 is 12.1. The minimum absolute atomic E-state index is 0.599. The molecule has 0 bridgehead atoms. The zero-order valence-electron chi connectivity index (χ0n) is 13.3. The van der Waals surface area contributed by atoms with E-state index in [0.29, 0.717) is 10.0 Å². The van der Waals surface area contributed by atoms with Crippen LogP contribution in [-0.4, -0.2) is 7.11 Å². The summed E-state index contributed by atoms with van der Waals surface area (Å²) in [4.78, 5) is 0. The third-order valence-electron chi connectivity index (χ3n) is 3.69. The van der Waals surface area contributed by atoms with E-state index in [9.17, 15) is 0 Å². The van der Waals surface area contributed by atoms with Crippen LogP contribution < -0.4 is 10.1 Å². The van der Waals surface area contributed by atoms with Gasteiger partial charge in [0.2, 0.25) is 0 Å². The quantitative estimate of drug-likeness (QED) is 0.699. The van der Waals surface area contributed by atoms with Crippen molar-refractivity contribution in [3.8, 4) is 17.1 Å². The Morgan fingerprint density at radius 3 is 2.29 bits per heavy atom. The van der Waals surface area contributed by atoms with Gasteiger partial charge in [-0.25, -0.2) is 0 Å². The fourth-order valence-corrected chi connectivity index (χ4v) is 3.01. The molecule has 5 heteroatoms. The lowest BCUT2D eigenvalue weighted by Crippen LogP contribution is -2.80. The monoisotopic (exact) mass is 362 g/mol. The Hall–Kier alpha value is -1.94. The van der Waals surface area contributed by atoms with E-state index < -0.39 is 0 Å². The first-order valence-electron chi connectivity index (χ1n) is 7.64.